The minimum atomic E-state index is 0.276. The molecule has 1 aromatic rings. The Morgan fingerprint density at radius 3 is 2.71 bits per heavy atom. The van der Waals surface area contributed by atoms with Gasteiger partial charge in [0.05, 0.1) is 6.54 Å². The van der Waals surface area contributed by atoms with Crippen LogP contribution in [0.25, 0.3) is 0 Å². The van der Waals surface area contributed by atoms with E-state index in [1.807, 2.05) is 24.1 Å². The molecule has 5 heteroatoms. The number of aliphatic imine (C=N–C) groups is 1. The molecule has 2 aliphatic heterocycles. The van der Waals surface area contributed by atoms with Crippen molar-refractivity contribution in [3.63, 3.8) is 0 Å². The maximum absolute atomic E-state index is 11.8. The van der Waals surface area contributed by atoms with Crippen molar-refractivity contribution in [2.24, 2.45) is 4.99 Å². The average molecular weight is 286 g/mol. The van der Waals surface area contributed by atoms with E-state index in [1.54, 1.807) is 0 Å². The number of nitrogens with zero attached hydrogens (tertiary/aromatic N) is 3. The average Bonchev–Trinajstić information content (AvgIpc) is 3.07. The minimum absolute atomic E-state index is 0.276. The van der Waals surface area contributed by atoms with Crippen LogP contribution in [0.2, 0.25) is 0 Å². The molecule has 1 fully saturated rings. The van der Waals surface area contributed by atoms with Gasteiger partial charge in [0.2, 0.25) is 5.91 Å². The minimum Gasteiger partial charge on any atom is -0.352 e. The Labute approximate surface area is 125 Å². The zero-order valence-corrected chi connectivity index (χ0v) is 12.5. The number of hydrogen-bond donors (Lipinski definition) is 1. The van der Waals surface area contributed by atoms with Crippen molar-refractivity contribution < 1.29 is 4.79 Å². The van der Waals surface area contributed by atoms with Crippen molar-refractivity contribution >= 4 is 11.9 Å². The predicted molar refractivity (Wildman–Crippen MR) is 82.9 cm³/mol. The molecule has 0 aromatic heterocycles. The zero-order chi connectivity index (χ0) is 14.7. The van der Waals surface area contributed by atoms with Gasteiger partial charge in [0.15, 0.2) is 5.96 Å². The summed E-state index contributed by atoms with van der Waals surface area (Å²) < 4.78 is 0. The van der Waals surface area contributed by atoms with Crippen molar-refractivity contribution in [2.45, 2.75) is 25.9 Å². The fourth-order valence-corrected chi connectivity index (χ4v) is 2.86. The molecule has 0 aliphatic carbocycles. The van der Waals surface area contributed by atoms with Crippen molar-refractivity contribution in [2.75, 3.05) is 26.7 Å². The Balaban J connectivity index is 1.66. The number of nitrogens with one attached hydrogen (secondary N) is 1. The van der Waals surface area contributed by atoms with Crippen LogP contribution in [0.5, 0.6) is 0 Å². The Kier molecular flexibility index (Phi) is 4.08. The van der Waals surface area contributed by atoms with Gasteiger partial charge in [0.25, 0.3) is 0 Å². The van der Waals surface area contributed by atoms with Crippen LogP contribution in [-0.4, -0.2) is 48.3 Å². The smallest absolute Gasteiger partial charge is 0.222 e. The second kappa shape index (κ2) is 6.16. The van der Waals surface area contributed by atoms with Gasteiger partial charge in [-0.25, -0.2) is 0 Å². The molecule has 1 aromatic carbocycles. The molecule has 5 nitrogen and oxygen atoms in total. The number of benzene rings is 1. The van der Waals surface area contributed by atoms with E-state index >= 15 is 0 Å². The highest BCUT2D eigenvalue weighted by molar-refractivity contribution is 5.81. The van der Waals surface area contributed by atoms with Crippen LogP contribution in [0.3, 0.4) is 0 Å². The fraction of sp³-hybridized carbons (Fsp3) is 0.500. The molecule has 0 spiro atoms. The Hall–Kier alpha value is -2.04. The van der Waals surface area contributed by atoms with Gasteiger partial charge >= 0.3 is 0 Å². The first kappa shape index (κ1) is 13.9. The van der Waals surface area contributed by atoms with E-state index < -0.39 is 0 Å². The van der Waals surface area contributed by atoms with Crippen LogP contribution in [-0.2, 0) is 17.9 Å². The summed E-state index contributed by atoms with van der Waals surface area (Å²) in [5.74, 6) is 1.24. The lowest BCUT2D eigenvalue weighted by Crippen LogP contribution is -2.35. The SMILES string of the molecule is CN1CCN=C1NCc1ccccc1CN1CCCC1=O. The van der Waals surface area contributed by atoms with Crippen molar-refractivity contribution in [3.8, 4) is 0 Å². The lowest BCUT2D eigenvalue weighted by atomic mass is 10.1. The maximum Gasteiger partial charge on any atom is 0.222 e. The molecule has 0 saturated carbocycles. The lowest BCUT2D eigenvalue weighted by molar-refractivity contribution is -0.128. The normalized spacial score (nSPS) is 18.3. The van der Waals surface area contributed by atoms with Crippen LogP contribution in [0, 0.1) is 0 Å². The molecular formula is C16H22N4O. The van der Waals surface area contributed by atoms with Gasteiger partial charge in [-0.15, -0.1) is 0 Å². The third-order valence-corrected chi connectivity index (χ3v) is 4.15. The number of likely N-dealkylation sites (N-methyl/N-ethyl adjacent to an activating group) is 1. The van der Waals surface area contributed by atoms with Crippen LogP contribution in [0.4, 0.5) is 0 Å². The van der Waals surface area contributed by atoms with Crippen LogP contribution < -0.4 is 5.32 Å². The van der Waals surface area contributed by atoms with E-state index in [-0.39, 0.29) is 5.91 Å². The second-order valence-electron chi connectivity index (χ2n) is 5.67. The summed E-state index contributed by atoms with van der Waals surface area (Å²) >= 11 is 0. The monoisotopic (exact) mass is 286 g/mol. The summed E-state index contributed by atoms with van der Waals surface area (Å²) in [6.07, 6.45) is 1.68. The first-order chi connectivity index (χ1) is 10.2. The summed E-state index contributed by atoms with van der Waals surface area (Å²) in [5.41, 5.74) is 2.46. The van der Waals surface area contributed by atoms with Crippen LogP contribution in [0.1, 0.15) is 24.0 Å². The Morgan fingerprint density at radius 1 is 1.24 bits per heavy atom. The van der Waals surface area contributed by atoms with Gasteiger partial charge in [0, 0.05) is 39.6 Å². The summed E-state index contributed by atoms with van der Waals surface area (Å²) in [7, 11) is 2.05. The summed E-state index contributed by atoms with van der Waals surface area (Å²) in [6.45, 7) is 4.20. The van der Waals surface area contributed by atoms with E-state index in [9.17, 15) is 4.79 Å². The number of likely N-dealkylation sites (tertiary alicyclic amines) is 1. The highest BCUT2D eigenvalue weighted by Crippen LogP contribution is 2.17. The van der Waals surface area contributed by atoms with Gasteiger partial charge in [0.1, 0.15) is 0 Å². The van der Waals surface area contributed by atoms with Crippen LogP contribution in [0.15, 0.2) is 29.3 Å². The number of carbonyl (C=O) groups excluding carboxylic acids is 1. The molecule has 21 heavy (non-hydrogen) atoms. The van der Waals surface area contributed by atoms with Gasteiger partial charge in [-0.1, -0.05) is 24.3 Å². The van der Waals surface area contributed by atoms with E-state index in [0.29, 0.717) is 6.42 Å². The van der Waals surface area contributed by atoms with Crippen molar-refractivity contribution in [1.29, 1.82) is 0 Å². The first-order valence-corrected chi connectivity index (χ1v) is 7.58. The highest BCUT2D eigenvalue weighted by Gasteiger charge is 2.21. The standard InChI is InChI=1S/C16H22N4O/c1-19-10-8-17-16(19)18-11-13-5-2-3-6-14(13)12-20-9-4-7-15(20)21/h2-3,5-6H,4,7-12H2,1H3,(H,17,18). The number of hydrogen-bond acceptors (Lipinski definition) is 4. The maximum atomic E-state index is 11.8. The fourth-order valence-electron chi connectivity index (χ4n) is 2.86. The Bertz CT molecular complexity index is 555. The quantitative estimate of drug-likeness (QED) is 0.905. The predicted octanol–water partition coefficient (Wildman–Crippen LogP) is 1.20. The van der Waals surface area contributed by atoms with Gasteiger partial charge in [-0.3, -0.25) is 9.79 Å². The molecule has 2 aliphatic rings. The zero-order valence-electron chi connectivity index (χ0n) is 12.5. The van der Waals surface area contributed by atoms with E-state index in [0.717, 1.165) is 45.1 Å². The van der Waals surface area contributed by atoms with E-state index in [1.165, 1.54) is 11.1 Å². The van der Waals surface area contributed by atoms with Crippen LogP contribution >= 0.6 is 0 Å². The topological polar surface area (TPSA) is 47.9 Å². The number of amides is 1. The molecule has 1 amide bonds. The largest absolute Gasteiger partial charge is 0.352 e. The Morgan fingerprint density at radius 2 is 2.05 bits per heavy atom. The molecule has 0 unspecified atom stereocenters. The molecule has 1 N–H and O–H groups in total. The van der Waals surface area contributed by atoms with Gasteiger partial charge in [-0.05, 0) is 17.5 Å². The molecule has 112 valence electrons. The van der Waals surface area contributed by atoms with Crippen molar-refractivity contribution in [1.82, 2.24) is 15.1 Å². The highest BCUT2D eigenvalue weighted by atomic mass is 16.2. The third-order valence-electron chi connectivity index (χ3n) is 4.15. The van der Waals surface area contributed by atoms with E-state index in [2.05, 4.69) is 27.3 Å². The summed E-state index contributed by atoms with van der Waals surface area (Å²) in [4.78, 5) is 20.3. The van der Waals surface area contributed by atoms with E-state index in [4.69, 9.17) is 0 Å². The lowest BCUT2D eigenvalue weighted by Gasteiger charge is -2.20. The number of guanidine groups is 1. The van der Waals surface area contributed by atoms with Gasteiger partial charge < -0.3 is 15.1 Å². The molecule has 1 saturated heterocycles. The second-order valence-corrected chi connectivity index (χ2v) is 5.67. The summed E-state index contributed by atoms with van der Waals surface area (Å²) in [5, 5.41) is 3.40. The third kappa shape index (κ3) is 3.17. The van der Waals surface area contributed by atoms with Crippen molar-refractivity contribution in [3.05, 3.63) is 35.4 Å². The number of carbonyl (C=O) groups is 1. The molecule has 0 atom stereocenters. The first-order valence-electron chi connectivity index (χ1n) is 7.58. The molecule has 2 heterocycles. The molecule has 3 rings (SSSR count). The molecular weight excluding hydrogens is 264 g/mol. The van der Waals surface area contributed by atoms with Gasteiger partial charge in [-0.2, -0.15) is 0 Å². The molecule has 0 bridgehead atoms. The molecule has 0 radical (unpaired) electrons. The number of rotatable bonds is 4. The summed E-state index contributed by atoms with van der Waals surface area (Å²) in [6, 6.07) is 8.33.